The van der Waals surface area contributed by atoms with Crippen LogP contribution < -0.4 is 0 Å². The number of benzene rings is 1. The number of rotatable bonds is 5. The minimum Gasteiger partial charge on any atom is -0.478 e. The van der Waals surface area contributed by atoms with Crippen LogP contribution >= 0.6 is 12.6 Å². The summed E-state index contributed by atoms with van der Waals surface area (Å²) in [6.07, 6.45) is -7.50. The van der Waals surface area contributed by atoms with Gasteiger partial charge >= 0.3 is 12.1 Å². The van der Waals surface area contributed by atoms with Crippen molar-refractivity contribution in [1.29, 1.82) is 0 Å². The molecular weight excluding hydrogens is 297 g/mol. The Balaban J connectivity index is 3.24. The van der Waals surface area contributed by atoms with Crippen molar-refractivity contribution in [3.63, 3.8) is 0 Å². The van der Waals surface area contributed by atoms with E-state index in [1.165, 1.54) is 0 Å². The molecule has 112 valence electrons. The second kappa shape index (κ2) is 6.47. The first-order valence-electron chi connectivity index (χ1n) is 5.60. The molecule has 8 heteroatoms. The van der Waals surface area contributed by atoms with Crippen molar-refractivity contribution in [3.8, 4) is 0 Å². The summed E-state index contributed by atoms with van der Waals surface area (Å²) >= 11 is 3.85. The van der Waals surface area contributed by atoms with Crippen molar-refractivity contribution >= 4 is 18.6 Å². The monoisotopic (exact) mass is 310 g/mol. The molecule has 0 radical (unpaired) electrons. The molecule has 0 aromatic heterocycles. The van der Waals surface area contributed by atoms with Crippen LogP contribution in [0.2, 0.25) is 0 Å². The van der Waals surface area contributed by atoms with Crippen molar-refractivity contribution in [2.45, 2.75) is 24.8 Å². The van der Waals surface area contributed by atoms with E-state index >= 15 is 0 Å². The summed E-state index contributed by atoms with van der Waals surface area (Å²) < 4.78 is 37.6. The lowest BCUT2D eigenvalue weighted by Crippen LogP contribution is -2.21. The zero-order valence-electron chi connectivity index (χ0n) is 10.1. The van der Waals surface area contributed by atoms with E-state index in [4.69, 9.17) is 5.11 Å². The molecule has 0 bridgehead atoms. The van der Waals surface area contributed by atoms with Gasteiger partial charge in [-0.15, -0.1) is 0 Å². The number of thiol groups is 1. The highest BCUT2D eigenvalue weighted by molar-refractivity contribution is 7.80. The van der Waals surface area contributed by atoms with Gasteiger partial charge in [0.2, 0.25) is 0 Å². The van der Waals surface area contributed by atoms with E-state index < -0.39 is 35.5 Å². The Hall–Kier alpha value is -1.25. The fourth-order valence-electron chi connectivity index (χ4n) is 1.67. The van der Waals surface area contributed by atoms with Crippen molar-refractivity contribution in [3.05, 3.63) is 34.9 Å². The van der Waals surface area contributed by atoms with Crippen molar-refractivity contribution < 1.29 is 33.3 Å². The minimum absolute atomic E-state index is 0.0738. The van der Waals surface area contributed by atoms with E-state index in [2.05, 4.69) is 12.6 Å². The van der Waals surface area contributed by atoms with E-state index in [0.29, 0.717) is 12.1 Å². The van der Waals surface area contributed by atoms with Gasteiger partial charge in [-0.25, -0.2) is 4.79 Å². The Morgan fingerprint density at radius 1 is 1.30 bits per heavy atom. The predicted molar refractivity (Wildman–Crippen MR) is 67.8 cm³/mol. The Morgan fingerprint density at radius 3 is 2.35 bits per heavy atom. The van der Waals surface area contributed by atoms with Gasteiger partial charge in [0, 0.05) is 0 Å². The third-order valence-corrected chi connectivity index (χ3v) is 2.98. The van der Waals surface area contributed by atoms with Crippen LogP contribution in [-0.4, -0.2) is 33.1 Å². The lowest BCUT2D eigenvalue weighted by Gasteiger charge is -2.20. The van der Waals surface area contributed by atoms with Crippen LogP contribution in [0.1, 0.15) is 34.0 Å². The quantitative estimate of drug-likeness (QED) is 0.628. The molecule has 3 N–H and O–H groups in total. The first kappa shape index (κ1) is 16.8. The average molecular weight is 310 g/mol. The normalized spacial score (nSPS) is 14.9. The molecule has 0 heterocycles. The Bertz CT molecular complexity index is 490. The van der Waals surface area contributed by atoms with Gasteiger partial charge in [0.05, 0.1) is 17.2 Å². The zero-order valence-corrected chi connectivity index (χ0v) is 11.0. The minimum atomic E-state index is -4.68. The Labute approximate surface area is 118 Å². The first-order chi connectivity index (χ1) is 9.18. The lowest BCUT2D eigenvalue weighted by atomic mass is 9.95. The maximum atomic E-state index is 12.5. The number of aromatic carboxylic acids is 1. The topological polar surface area (TPSA) is 77.8 Å². The number of hydrogen-bond donors (Lipinski definition) is 4. The zero-order chi connectivity index (χ0) is 15.5. The van der Waals surface area contributed by atoms with E-state index in [9.17, 15) is 28.2 Å². The summed E-state index contributed by atoms with van der Waals surface area (Å²) in [6, 6.07) is 1.96. The molecule has 0 aliphatic rings. The number of alkyl halides is 3. The van der Waals surface area contributed by atoms with Crippen molar-refractivity contribution in [2.24, 2.45) is 0 Å². The third kappa shape index (κ3) is 3.87. The molecule has 0 saturated heterocycles. The molecule has 0 spiro atoms. The second-order valence-corrected chi connectivity index (χ2v) is 4.58. The van der Waals surface area contributed by atoms with Gasteiger partial charge in [-0.1, -0.05) is 6.07 Å². The molecule has 0 aliphatic carbocycles. The van der Waals surface area contributed by atoms with E-state index in [1.54, 1.807) is 0 Å². The number of aliphatic hydroxyl groups is 2. The molecule has 1 rings (SSSR count). The number of hydrogen-bond acceptors (Lipinski definition) is 4. The van der Waals surface area contributed by atoms with Gasteiger partial charge in [0.15, 0.2) is 0 Å². The summed E-state index contributed by atoms with van der Waals surface area (Å²) in [5.74, 6) is -1.37. The Kier molecular flexibility index (Phi) is 5.43. The van der Waals surface area contributed by atoms with Crippen LogP contribution in [0.25, 0.3) is 0 Å². The predicted octanol–water partition coefficient (Wildman–Crippen LogP) is 2.12. The molecule has 20 heavy (non-hydrogen) atoms. The van der Waals surface area contributed by atoms with Crippen LogP contribution in [0.3, 0.4) is 0 Å². The molecule has 0 fully saturated rings. The Morgan fingerprint density at radius 2 is 1.90 bits per heavy atom. The maximum absolute atomic E-state index is 12.5. The van der Waals surface area contributed by atoms with Crippen LogP contribution in [-0.2, 0) is 6.18 Å². The summed E-state index contributed by atoms with van der Waals surface area (Å²) in [7, 11) is 0. The molecule has 1 aromatic carbocycles. The lowest BCUT2D eigenvalue weighted by molar-refractivity contribution is -0.137. The summed E-state index contributed by atoms with van der Waals surface area (Å²) in [6.45, 7) is 0. The summed E-state index contributed by atoms with van der Waals surface area (Å²) in [4.78, 5) is 11.0. The fraction of sp³-hybridized carbons (Fsp3) is 0.417. The first-order valence-corrected chi connectivity index (χ1v) is 6.23. The van der Waals surface area contributed by atoms with Crippen molar-refractivity contribution in [2.75, 3.05) is 5.75 Å². The molecule has 0 aliphatic heterocycles. The van der Waals surface area contributed by atoms with Crippen LogP contribution in [0.4, 0.5) is 13.2 Å². The SMILES string of the molecule is O=C(O)c1cc(C(F)(F)F)ccc1C(O)C(O)CCS. The van der Waals surface area contributed by atoms with Gasteiger partial charge in [-0.3, -0.25) is 0 Å². The fourth-order valence-corrected chi connectivity index (χ4v) is 1.94. The molecular formula is C12H13F3O4S. The van der Waals surface area contributed by atoms with Gasteiger partial charge in [0.25, 0.3) is 0 Å². The summed E-state index contributed by atoms with van der Waals surface area (Å²) in [5, 5.41) is 28.3. The second-order valence-electron chi connectivity index (χ2n) is 4.13. The molecule has 1 aromatic rings. The van der Waals surface area contributed by atoms with E-state index in [0.717, 1.165) is 6.07 Å². The highest BCUT2D eigenvalue weighted by Gasteiger charge is 2.33. The third-order valence-electron chi connectivity index (χ3n) is 2.72. The van der Waals surface area contributed by atoms with E-state index in [1.807, 2.05) is 0 Å². The van der Waals surface area contributed by atoms with Crippen molar-refractivity contribution in [1.82, 2.24) is 0 Å². The van der Waals surface area contributed by atoms with Crippen LogP contribution in [0, 0.1) is 0 Å². The number of carboxylic acid groups (broad SMARTS) is 1. The average Bonchev–Trinajstić information content (AvgIpc) is 2.36. The molecule has 2 atom stereocenters. The van der Waals surface area contributed by atoms with E-state index in [-0.39, 0.29) is 17.7 Å². The number of halogens is 3. The van der Waals surface area contributed by atoms with Gasteiger partial charge in [-0.2, -0.15) is 25.8 Å². The molecule has 2 unspecified atom stereocenters. The molecule has 4 nitrogen and oxygen atoms in total. The molecule has 0 saturated carbocycles. The maximum Gasteiger partial charge on any atom is 0.416 e. The number of carbonyl (C=O) groups is 1. The smallest absolute Gasteiger partial charge is 0.416 e. The number of carboxylic acids is 1. The van der Waals surface area contributed by atoms with Crippen LogP contribution in [0.5, 0.6) is 0 Å². The summed E-state index contributed by atoms with van der Waals surface area (Å²) in [5.41, 5.74) is -2.08. The molecule has 0 amide bonds. The van der Waals surface area contributed by atoms with Gasteiger partial charge < -0.3 is 15.3 Å². The standard InChI is InChI=1S/C12H13F3O4S/c13-12(14,15)6-1-2-7(8(5-6)11(18)19)10(17)9(16)3-4-20/h1-2,5,9-10,16-17,20H,3-4H2,(H,18,19). The number of aliphatic hydroxyl groups excluding tert-OH is 2. The van der Waals surface area contributed by atoms with Gasteiger partial charge in [-0.05, 0) is 29.9 Å². The van der Waals surface area contributed by atoms with Gasteiger partial charge in [0.1, 0.15) is 6.10 Å². The highest BCUT2D eigenvalue weighted by Crippen LogP contribution is 2.32. The largest absolute Gasteiger partial charge is 0.478 e. The van der Waals surface area contributed by atoms with Crippen LogP contribution in [0.15, 0.2) is 18.2 Å². The highest BCUT2D eigenvalue weighted by atomic mass is 32.1.